The molecule has 2 heteroatoms. The van der Waals surface area contributed by atoms with Crippen LogP contribution in [0.5, 0.6) is 0 Å². The molecule has 0 aromatic carbocycles. The van der Waals surface area contributed by atoms with Crippen molar-refractivity contribution in [2.75, 3.05) is 20.6 Å². The maximum Gasteiger partial charge on any atom is 0.134 e. The van der Waals surface area contributed by atoms with Crippen LogP contribution in [0.3, 0.4) is 0 Å². The van der Waals surface area contributed by atoms with E-state index >= 15 is 0 Å². The van der Waals surface area contributed by atoms with Crippen LogP contribution in [0.2, 0.25) is 0 Å². The van der Waals surface area contributed by atoms with Gasteiger partial charge in [0.2, 0.25) is 0 Å². The van der Waals surface area contributed by atoms with Crippen LogP contribution in [0, 0.1) is 0 Å². The van der Waals surface area contributed by atoms with Crippen LogP contribution in [0.25, 0.3) is 0 Å². The first kappa shape index (κ1) is 7.92. The highest BCUT2D eigenvalue weighted by Gasteiger charge is 1.93. The molecule has 0 atom stereocenters. The van der Waals surface area contributed by atoms with Crippen LogP contribution >= 0.6 is 0 Å². The SMILES string of the molecule is CCCCN[N+](C)C. The van der Waals surface area contributed by atoms with Crippen molar-refractivity contribution in [1.29, 1.82) is 0 Å². The van der Waals surface area contributed by atoms with E-state index in [9.17, 15) is 0 Å². The fourth-order valence-corrected chi connectivity index (χ4v) is 0.479. The molecule has 0 aromatic rings. The Balaban J connectivity index is 2.72. The van der Waals surface area contributed by atoms with E-state index in [0.29, 0.717) is 0 Å². The minimum absolute atomic E-state index is 1.10. The van der Waals surface area contributed by atoms with E-state index in [-0.39, 0.29) is 0 Å². The molecular formula is C6H16N2+. The first-order valence-corrected chi connectivity index (χ1v) is 3.18. The summed E-state index contributed by atoms with van der Waals surface area (Å²) in [6.07, 6.45) is 2.53. The standard InChI is InChI=1S/C6H16N2/c1-4-5-6-7-8(2)3/h7H,4-6H2,1-3H3/q+1. The van der Waals surface area contributed by atoms with Gasteiger partial charge in [0.05, 0.1) is 0 Å². The van der Waals surface area contributed by atoms with Gasteiger partial charge in [-0.05, 0) is 6.42 Å². The fraction of sp³-hybridized carbons (Fsp3) is 1.00. The molecule has 0 aliphatic heterocycles. The average Bonchev–Trinajstić information content (AvgIpc) is 1.66. The number of rotatable bonds is 4. The number of unbranched alkanes of at least 4 members (excludes halogenated alkanes) is 1. The molecule has 0 saturated heterocycles. The molecule has 0 rings (SSSR count). The number of nitrogens with zero attached hydrogens (tertiary/aromatic N) is 1. The maximum absolute atomic E-state index is 3.18. The molecule has 0 heterocycles. The minimum Gasteiger partial charge on any atom is -0.119 e. The van der Waals surface area contributed by atoms with Gasteiger partial charge in [0.15, 0.2) is 0 Å². The lowest BCUT2D eigenvalue weighted by molar-refractivity contribution is 0.415. The van der Waals surface area contributed by atoms with E-state index in [2.05, 4.69) is 12.3 Å². The Morgan fingerprint density at radius 3 is 2.38 bits per heavy atom. The van der Waals surface area contributed by atoms with Crippen molar-refractivity contribution in [1.82, 2.24) is 10.4 Å². The molecule has 0 spiro atoms. The molecule has 0 bridgehead atoms. The van der Waals surface area contributed by atoms with Crippen molar-refractivity contribution in [2.24, 2.45) is 0 Å². The average molecular weight is 116 g/mol. The van der Waals surface area contributed by atoms with E-state index in [0.717, 1.165) is 6.54 Å². The lowest BCUT2D eigenvalue weighted by atomic mass is 10.3. The van der Waals surface area contributed by atoms with Gasteiger partial charge in [0, 0.05) is 6.54 Å². The summed E-state index contributed by atoms with van der Waals surface area (Å²) in [6, 6.07) is 0. The molecule has 1 N–H and O–H groups in total. The second-order valence-corrected chi connectivity index (χ2v) is 2.16. The van der Waals surface area contributed by atoms with Gasteiger partial charge in [-0.1, -0.05) is 18.4 Å². The molecule has 0 aromatic heterocycles. The van der Waals surface area contributed by atoms with Gasteiger partial charge in [0.1, 0.15) is 14.1 Å². The second kappa shape index (κ2) is 5.06. The first-order chi connectivity index (χ1) is 3.77. The van der Waals surface area contributed by atoms with Gasteiger partial charge < -0.3 is 0 Å². The smallest absolute Gasteiger partial charge is 0.119 e. The summed E-state index contributed by atoms with van der Waals surface area (Å²) in [7, 11) is 4.02. The molecule has 0 aliphatic carbocycles. The van der Waals surface area contributed by atoms with Gasteiger partial charge in [-0.2, -0.15) is 0 Å². The molecule has 0 amide bonds. The van der Waals surface area contributed by atoms with E-state index in [1.807, 2.05) is 19.1 Å². The van der Waals surface area contributed by atoms with Gasteiger partial charge in [0.25, 0.3) is 0 Å². The Morgan fingerprint density at radius 2 is 2.00 bits per heavy atom. The highest BCUT2D eigenvalue weighted by molar-refractivity contribution is 4.40. The lowest BCUT2D eigenvalue weighted by Gasteiger charge is -1.98. The molecule has 8 heavy (non-hydrogen) atoms. The summed E-state index contributed by atoms with van der Waals surface area (Å²) in [5.74, 6) is 0. The predicted octanol–water partition coefficient (Wildman–Crippen LogP) is 0.691. The predicted molar refractivity (Wildman–Crippen MR) is 36.9 cm³/mol. The largest absolute Gasteiger partial charge is 0.134 e. The van der Waals surface area contributed by atoms with Crippen LogP contribution in [0.1, 0.15) is 19.8 Å². The number of hydrazine groups is 1. The summed E-state index contributed by atoms with van der Waals surface area (Å²) in [6.45, 7) is 3.29. The summed E-state index contributed by atoms with van der Waals surface area (Å²) in [5.41, 5.74) is 3.18. The molecule has 0 unspecified atom stereocenters. The Hall–Kier alpha value is -0.0800. The van der Waals surface area contributed by atoms with E-state index < -0.39 is 0 Å². The third kappa shape index (κ3) is 5.92. The van der Waals surface area contributed by atoms with Crippen LogP contribution < -0.4 is 10.4 Å². The molecular weight excluding hydrogens is 100 g/mol. The monoisotopic (exact) mass is 116 g/mol. The normalized spacial score (nSPS) is 10.5. The zero-order valence-electron chi connectivity index (χ0n) is 6.07. The van der Waals surface area contributed by atoms with Gasteiger partial charge >= 0.3 is 0 Å². The number of hydrogen-bond donors (Lipinski definition) is 1. The van der Waals surface area contributed by atoms with Gasteiger partial charge in [-0.15, -0.1) is 5.43 Å². The number of nitrogens with one attached hydrogen (secondary N) is 1. The van der Waals surface area contributed by atoms with Crippen LogP contribution in [-0.4, -0.2) is 20.6 Å². The minimum atomic E-state index is 1.10. The molecule has 49 valence electrons. The zero-order chi connectivity index (χ0) is 6.41. The molecule has 0 saturated carbocycles. The molecule has 0 aliphatic rings. The second-order valence-electron chi connectivity index (χ2n) is 2.16. The quantitative estimate of drug-likeness (QED) is 0.325. The van der Waals surface area contributed by atoms with Crippen molar-refractivity contribution >= 4 is 0 Å². The summed E-state index contributed by atoms with van der Waals surface area (Å²) < 4.78 is 0. The van der Waals surface area contributed by atoms with Crippen molar-refractivity contribution in [3.05, 3.63) is 0 Å². The Labute approximate surface area is 51.8 Å². The highest BCUT2D eigenvalue weighted by atomic mass is 15.5. The topological polar surface area (TPSA) is 17.9 Å². The summed E-state index contributed by atoms with van der Waals surface area (Å²) in [4.78, 5) is 0. The van der Waals surface area contributed by atoms with Crippen molar-refractivity contribution < 1.29 is 0 Å². The summed E-state index contributed by atoms with van der Waals surface area (Å²) in [5, 5.41) is 1.98. The Kier molecular flexibility index (Phi) is 5.01. The van der Waals surface area contributed by atoms with Crippen LogP contribution in [0.4, 0.5) is 0 Å². The van der Waals surface area contributed by atoms with Gasteiger partial charge in [-0.3, -0.25) is 0 Å². The Bertz CT molecular complexity index is 43.8. The summed E-state index contributed by atoms with van der Waals surface area (Å²) >= 11 is 0. The van der Waals surface area contributed by atoms with E-state index in [4.69, 9.17) is 0 Å². The van der Waals surface area contributed by atoms with Crippen LogP contribution in [0.15, 0.2) is 0 Å². The fourth-order valence-electron chi connectivity index (χ4n) is 0.479. The third-order valence-electron chi connectivity index (χ3n) is 0.958. The first-order valence-electron chi connectivity index (χ1n) is 3.18. The van der Waals surface area contributed by atoms with E-state index in [1.54, 1.807) is 0 Å². The highest BCUT2D eigenvalue weighted by Crippen LogP contribution is 1.80. The van der Waals surface area contributed by atoms with Crippen molar-refractivity contribution in [2.45, 2.75) is 19.8 Å². The van der Waals surface area contributed by atoms with E-state index in [1.165, 1.54) is 12.8 Å². The molecule has 1 radical (unpaired) electrons. The van der Waals surface area contributed by atoms with Gasteiger partial charge in [-0.25, -0.2) is 0 Å². The van der Waals surface area contributed by atoms with Crippen molar-refractivity contribution in [3.8, 4) is 0 Å². The van der Waals surface area contributed by atoms with Crippen molar-refractivity contribution in [3.63, 3.8) is 0 Å². The zero-order valence-corrected chi connectivity index (χ0v) is 6.07. The third-order valence-corrected chi connectivity index (χ3v) is 0.958. The lowest BCUT2D eigenvalue weighted by Crippen LogP contribution is -2.36. The maximum atomic E-state index is 3.18. The Morgan fingerprint density at radius 1 is 1.38 bits per heavy atom. The van der Waals surface area contributed by atoms with Crippen LogP contribution in [-0.2, 0) is 0 Å². The number of hydrogen-bond acceptors (Lipinski definition) is 2. The molecule has 0 fully saturated rings. The molecule has 2 nitrogen and oxygen atoms in total.